The molecule has 28 heavy (non-hydrogen) atoms. The lowest BCUT2D eigenvalue weighted by atomic mass is 9.47. The molecular weight excluding hydrogens is 350 g/mol. The second-order valence-electron chi connectivity index (χ2n) is 9.65. The van der Waals surface area contributed by atoms with Crippen LogP contribution in [-0.2, 0) is 4.79 Å². The van der Waals surface area contributed by atoms with Crippen molar-refractivity contribution < 1.29 is 9.59 Å². The maximum atomic E-state index is 13.3. The number of rotatable bonds is 7. The average molecular weight is 384 g/mol. The summed E-state index contributed by atoms with van der Waals surface area (Å²) in [7, 11) is 4.00. The maximum Gasteiger partial charge on any atom is 0.251 e. The molecule has 0 heterocycles. The van der Waals surface area contributed by atoms with E-state index in [0.29, 0.717) is 12.1 Å². The summed E-state index contributed by atoms with van der Waals surface area (Å²) >= 11 is 0. The molecule has 2 N–H and O–H groups in total. The molecule has 4 aliphatic carbocycles. The molecule has 0 radical (unpaired) electrons. The van der Waals surface area contributed by atoms with Crippen molar-refractivity contribution in [3.63, 3.8) is 0 Å². The molecule has 1 aromatic carbocycles. The van der Waals surface area contributed by atoms with Gasteiger partial charge >= 0.3 is 0 Å². The Kier molecular flexibility index (Phi) is 5.46. The van der Waals surface area contributed by atoms with Gasteiger partial charge in [-0.25, -0.2) is 0 Å². The largest absolute Gasteiger partial charge is 0.353 e. The summed E-state index contributed by atoms with van der Waals surface area (Å²) < 4.78 is 0. The molecule has 152 valence electrons. The Bertz CT molecular complexity index is 681. The highest BCUT2D eigenvalue weighted by atomic mass is 16.2. The molecule has 0 aromatic heterocycles. The van der Waals surface area contributed by atoms with Crippen molar-refractivity contribution >= 4 is 11.8 Å². The number of hydrogen-bond acceptors (Lipinski definition) is 3. The number of benzene rings is 1. The predicted molar refractivity (Wildman–Crippen MR) is 110 cm³/mol. The highest BCUT2D eigenvalue weighted by Gasteiger charge is 2.56. The van der Waals surface area contributed by atoms with Gasteiger partial charge in [0.2, 0.25) is 5.91 Å². The first-order valence-corrected chi connectivity index (χ1v) is 10.7. The van der Waals surface area contributed by atoms with Crippen LogP contribution in [0.3, 0.4) is 0 Å². The predicted octanol–water partition coefficient (Wildman–Crippen LogP) is 2.68. The van der Waals surface area contributed by atoms with Gasteiger partial charge in [-0.1, -0.05) is 18.2 Å². The average Bonchev–Trinajstić information content (AvgIpc) is 2.65. The molecule has 4 saturated carbocycles. The van der Waals surface area contributed by atoms with E-state index in [4.69, 9.17) is 0 Å². The number of carbonyl (C=O) groups is 2. The standard InChI is InChI=1S/C23H33N3O2/c1-26(2)9-8-24-22(28)20(25-21(27)19-6-4-3-5-7-19)23-13-16-10-17(14-23)12-18(11-16)15-23/h3-7,16-18,20H,8-15H2,1-2H3,(H,24,28)(H,25,27)/t16?,17?,18?,20-,23?/m0/s1. The fraction of sp³-hybridized carbons (Fsp3) is 0.652. The monoisotopic (exact) mass is 383 g/mol. The zero-order valence-electron chi connectivity index (χ0n) is 17.1. The molecule has 4 aliphatic rings. The summed E-state index contributed by atoms with van der Waals surface area (Å²) in [5.41, 5.74) is 0.555. The number of hydrogen-bond donors (Lipinski definition) is 2. The Morgan fingerprint density at radius 1 is 1.04 bits per heavy atom. The number of carbonyl (C=O) groups excluding carboxylic acids is 2. The fourth-order valence-electron chi connectivity index (χ4n) is 6.34. The van der Waals surface area contributed by atoms with Gasteiger partial charge < -0.3 is 15.5 Å². The van der Waals surface area contributed by atoms with Gasteiger partial charge in [0.05, 0.1) is 0 Å². The summed E-state index contributed by atoms with van der Waals surface area (Å²) in [6.45, 7) is 1.40. The number of nitrogens with one attached hydrogen (secondary N) is 2. The van der Waals surface area contributed by atoms with Crippen molar-refractivity contribution in [2.75, 3.05) is 27.2 Å². The quantitative estimate of drug-likeness (QED) is 0.761. The topological polar surface area (TPSA) is 61.4 Å². The molecule has 0 unspecified atom stereocenters. The van der Waals surface area contributed by atoms with Gasteiger partial charge in [-0.05, 0) is 82.5 Å². The van der Waals surface area contributed by atoms with Gasteiger partial charge in [-0.2, -0.15) is 0 Å². The van der Waals surface area contributed by atoms with Crippen LogP contribution in [0.4, 0.5) is 0 Å². The van der Waals surface area contributed by atoms with Crippen molar-refractivity contribution in [2.45, 2.75) is 44.6 Å². The van der Waals surface area contributed by atoms with E-state index in [9.17, 15) is 9.59 Å². The van der Waals surface area contributed by atoms with Crippen LogP contribution in [0.25, 0.3) is 0 Å². The van der Waals surface area contributed by atoms with E-state index in [1.54, 1.807) is 0 Å². The first kappa shape index (κ1) is 19.4. The zero-order chi connectivity index (χ0) is 19.7. The van der Waals surface area contributed by atoms with E-state index < -0.39 is 6.04 Å². The summed E-state index contributed by atoms with van der Waals surface area (Å²) in [4.78, 5) is 28.3. The van der Waals surface area contributed by atoms with Crippen LogP contribution in [0, 0.1) is 23.2 Å². The maximum absolute atomic E-state index is 13.3. The first-order valence-electron chi connectivity index (χ1n) is 10.7. The van der Waals surface area contributed by atoms with Crippen LogP contribution >= 0.6 is 0 Å². The second kappa shape index (κ2) is 7.86. The van der Waals surface area contributed by atoms with Gasteiger partial charge in [0.15, 0.2) is 0 Å². The van der Waals surface area contributed by atoms with Crippen LogP contribution in [0.15, 0.2) is 30.3 Å². The third-order valence-corrected chi connectivity index (χ3v) is 7.13. The van der Waals surface area contributed by atoms with Crippen LogP contribution in [0.2, 0.25) is 0 Å². The first-order chi connectivity index (χ1) is 13.4. The van der Waals surface area contributed by atoms with Crippen LogP contribution < -0.4 is 10.6 Å². The van der Waals surface area contributed by atoms with E-state index in [-0.39, 0.29) is 17.2 Å². The van der Waals surface area contributed by atoms with Gasteiger partial charge in [-0.15, -0.1) is 0 Å². The fourth-order valence-corrected chi connectivity index (χ4v) is 6.34. The third-order valence-electron chi connectivity index (χ3n) is 7.13. The lowest BCUT2D eigenvalue weighted by Crippen LogP contribution is -2.62. The molecule has 0 spiro atoms. The second-order valence-corrected chi connectivity index (χ2v) is 9.65. The van der Waals surface area contributed by atoms with Crippen LogP contribution in [-0.4, -0.2) is 49.9 Å². The Morgan fingerprint density at radius 2 is 1.61 bits per heavy atom. The minimum Gasteiger partial charge on any atom is -0.353 e. The zero-order valence-corrected chi connectivity index (χ0v) is 17.1. The van der Waals surface area contributed by atoms with Crippen molar-refractivity contribution in [2.24, 2.45) is 23.2 Å². The van der Waals surface area contributed by atoms with Crippen LogP contribution in [0.5, 0.6) is 0 Å². The lowest BCUT2D eigenvalue weighted by Gasteiger charge is -2.59. The molecule has 0 saturated heterocycles. The summed E-state index contributed by atoms with van der Waals surface area (Å²) in [6.07, 6.45) is 7.21. The smallest absolute Gasteiger partial charge is 0.251 e. The van der Waals surface area contributed by atoms with Crippen molar-refractivity contribution in [1.29, 1.82) is 0 Å². The number of amides is 2. The molecule has 0 aliphatic heterocycles. The minimum atomic E-state index is -0.434. The van der Waals surface area contributed by atoms with E-state index in [2.05, 4.69) is 15.5 Å². The van der Waals surface area contributed by atoms with E-state index in [1.807, 2.05) is 44.4 Å². The molecular formula is C23H33N3O2. The van der Waals surface area contributed by atoms with E-state index in [0.717, 1.165) is 43.6 Å². The summed E-state index contributed by atoms with van der Waals surface area (Å²) in [5.74, 6) is 2.06. The van der Waals surface area contributed by atoms with E-state index >= 15 is 0 Å². The highest BCUT2D eigenvalue weighted by Crippen LogP contribution is 2.61. The van der Waals surface area contributed by atoms with Crippen LogP contribution in [0.1, 0.15) is 48.9 Å². The van der Waals surface area contributed by atoms with E-state index in [1.165, 1.54) is 19.3 Å². The summed E-state index contributed by atoms with van der Waals surface area (Å²) in [5, 5.41) is 6.26. The third kappa shape index (κ3) is 3.95. The van der Waals surface area contributed by atoms with Gasteiger partial charge in [0.25, 0.3) is 5.91 Å². The van der Waals surface area contributed by atoms with Crippen molar-refractivity contribution in [1.82, 2.24) is 15.5 Å². The van der Waals surface area contributed by atoms with Crippen molar-refractivity contribution in [3.05, 3.63) is 35.9 Å². The SMILES string of the molecule is CN(C)CCNC(=O)[C@H](NC(=O)c1ccccc1)C12CC3CC(CC(C3)C1)C2. The summed E-state index contributed by atoms with van der Waals surface area (Å²) in [6, 6.07) is 8.83. The molecule has 1 atom stereocenters. The highest BCUT2D eigenvalue weighted by molar-refractivity contribution is 5.97. The van der Waals surface area contributed by atoms with Gasteiger partial charge in [0, 0.05) is 24.1 Å². The van der Waals surface area contributed by atoms with Gasteiger partial charge in [-0.3, -0.25) is 9.59 Å². The number of likely N-dealkylation sites (N-methyl/N-ethyl adjacent to an activating group) is 1. The lowest BCUT2D eigenvalue weighted by molar-refractivity contribution is -0.134. The molecule has 4 fully saturated rings. The molecule has 5 heteroatoms. The normalized spacial score (nSPS) is 31.6. The Labute approximate surface area is 168 Å². The van der Waals surface area contributed by atoms with Gasteiger partial charge in [0.1, 0.15) is 6.04 Å². The molecule has 2 amide bonds. The molecule has 1 aromatic rings. The Hall–Kier alpha value is -1.88. The Balaban J connectivity index is 1.55. The molecule has 5 rings (SSSR count). The molecule has 5 nitrogen and oxygen atoms in total. The minimum absolute atomic E-state index is 0.00641. The Morgan fingerprint density at radius 3 is 2.14 bits per heavy atom. The van der Waals surface area contributed by atoms with Crippen molar-refractivity contribution in [3.8, 4) is 0 Å². The molecule has 4 bridgehead atoms. The number of nitrogens with zero attached hydrogens (tertiary/aromatic N) is 1.